The Labute approximate surface area is 79.5 Å². The molecule has 1 N–H and O–H groups in total. The van der Waals surface area contributed by atoms with Crippen LogP contribution >= 0.6 is 12.6 Å². The fourth-order valence-electron chi connectivity index (χ4n) is 0.643. The summed E-state index contributed by atoms with van der Waals surface area (Å²) >= 11 is 4.15. The Balaban J connectivity index is 3.98. The Kier molecular flexibility index (Phi) is 4.84. The molecule has 2 atom stereocenters. The third-order valence-electron chi connectivity index (χ3n) is 1.51. The van der Waals surface area contributed by atoms with Gasteiger partial charge in [-0.1, -0.05) is 19.8 Å². The predicted octanol–water partition coefficient (Wildman–Crippen LogP) is 1.08. The molecule has 1 amide bonds. The van der Waals surface area contributed by atoms with Crippen molar-refractivity contribution in [2.45, 2.75) is 32.1 Å². The van der Waals surface area contributed by atoms with Gasteiger partial charge in [0.1, 0.15) is 0 Å². The molecule has 0 spiro atoms. The van der Waals surface area contributed by atoms with E-state index in [1.54, 1.807) is 6.92 Å². The monoisotopic (exact) mass is 185 g/mol. The van der Waals surface area contributed by atoms with Crippen LogP contribution in [-0.2, 0) is 4.79 Å². The first-order valence-electron chi connectivity index (χ1n) is 3.93. The first kappa shape index (κ1) is 11.4. The summed E-state index contributed by atoms with van der Waals surface area (Å²) in [6.07, 6.45) is 5.11. The van der Waals surface area contributed by atoms with Crippen molar-refractivity contribution in [3.8, 4) is 12.3 Å². The molecule has 0 rings (SSSR count). The Bertz CT molecular complexity index is 195. The summed E-state index contributed by atoms with van der Waals surface area (Å²) in [6, 6.07) is -0.217. The van der Waals surface area contributed by atoms with Crippen molar-refractivity contribution >= 4 is 18.5 Å². The van der Waals surface area contributed by atoms with Crippen molar-refractivity contribution in [1.29, 1.82) is 0 Å². The predicted molar refractivity (Wildman–Crippen MR) is 54.0 cm³/mol. The lowest BCUT2D eigenvalue weighted by Crippen LogP contribution is -2.39. The minimum atomic E-state index is -0.277. The zero-order valence-corrected chi connectivity index (χ0v) is 8.56. The molecule has 68 valence electrons. The van der Waals surface area contributed by atoms with Crippen LogP contribution < -0.4 is 5.32 Å². The average Bonchev–Trinajstić information content (AvgIpc) is 2.02. The lowest BCUT2D eigenvalue weighted by atomic mass is 10.1. The zero-order chi connectivity index (χ0) is 9.72. The third kappa shape index (κ3) is 3.68. The van der Waals surface area contributed by atoms with Crippen LogP contribution in [0.3, 0.4) is 0 Å². The Morgan fingerprint density at radius 1 is 1.50 bits per heavy atom. The molecule has 0 aliphatic carbocycles. The van der Waals surface area contributed by atoms with Gasteiger partial charge in [-0.3, -0.25) is 4.79 Å². The van der Waals surface area contributed by atoms with E-state index in [0.29, 0.717) is 0 Å². The minimum Gasteiger partial charge on any atom is -0.342 e. The average molecular weight is 185 g/mol. The van der Waals surface area contributed by atoms with Crippen LogP contribution in [-0.4, -0.2) is 17.2 Å². The summed E-state index contributed by atoms with van der Waals surface area (Å²) in [5, 5.41) is 2.38. The molecule has 0 heterocycles. The van der Waals surface area contributed by atoms with Gasteiger partial charge in [-0.2, -0.15) is 12.6 Å². The van der Waals surface area contributed by atoms with Crippen molar-refractivity contribution < 1.29 is 4.79 Å². The molecule has 0 radical (unpaired) electrons. The molecule has 2 unspecified atom stereocenters. The molecule has 0 aromatic heterocycles. The standard InChI is InChI=1S/C9H15NOS/c1-5-7(4)10-9(11)8(12)6(2)3/h1,6-8,12H,2-4H3,(H,10,11). The number of hydrogen-bond donors (Lipinski definition) is 2. The van der Waals surface area contributed by atoms with Gasteiger partial charge in [-0.25, -0.2) is 0 Å². The van der Waals surface area contributed by atoms with Crippen molar-refractivity contribution in [3.63, 3.8) is 0 Å². The first-order chi connectivity index (χ1) is 5.49. The summed E-state index contributed by atoms with van der Waals surface area (Å²) < 4.78 is 0. The van der Waals surface area contributed by atoms with Gasteiger partial charge in [0.2, 0.25) is 5.91 Å². The van der Waals surface area contributed by atoms with E-state index in [2.05, 4.69) is 23.9 Å². The van der Waals surface area contributed by atoms with Crippen molar-refractivity contribution in [2.24, 2.45) is 5.92 Å². The summed E-state index contributed by atoms with van der Waals surface area (Å²) in [5.74, 6) is 2.55. The molecule has 0 bridgehead atoms. The lowest BCUT2D eigenvalue weighted by Gasteiger charge is -2.15. The quantitative estimate of drug-likeness (QED) is 0.500. The van der Waals surface area contributed by atoms with Crippen molar-refractivity contribution in [1.82, 2.24) is 5.32 Å². The Morgan fingerprint density at radius 3 is 2.33 bits per heavy atom. The summed E-state index contributed by atoms with van der Waals surface area (Å²) in [4.78, 5) is 11.3. The highest BCUT2D eigenvalue weighted by molar-refractivity contribution is 7.81. The van der Waals surface area contributed by atoms with Gasteiger partial charge < -0.3 is 5.32 Å². The largest absolute Gasteiger partial charge is 0.342 e. The molecule has 0 aromatic carbocycles. The summed E-state index contributed by atoms with van der Waals surface area (Å²) in [7, 11) is 0. The maximum absolute atomic E-state index is 11.3. The number of amides is 1. The maximum Gasteiger partial charge on any atom is 0.234 e. The van der Waals surface area contributed by atoms with E-state index in [9.17, 15) is 4.79 Å². The second-order valence-corrected chi connectivity index (χ2v) is 3.64. The van der Waals surface area contributed by atoms with E-state index >= 15 is 0 Å². The van der Waals surface area contributed by atoms with Gasteiger partial charge in [0.05, 0.1) is 11.3 Å². The maximum atomic E-state index is 11.3. The molecule has 0 saturated heterocycles. The molecule has 12 heavy (non-hydrogen) atoms. The number of hydrogen-bond acceptors (Lipinski definition) is 2. The van der Waals surface area contributed by atoms with E-state index < -0.39 is 0 Å². The smallest absolute Gasteiger partial charge is 0.234 e. The van der Waals surface area contributed by atoms with E-state index in [4.69, 9.17) is 6.42 Å². The molecule has 0 saturated carbocycles. The fraction of sp³-hybridized carbons (Fsp3) is 0.667. The zero-order valence-electron chi connectivity index (χ0n) is 7.66. The molecule has 0 aliphatic rings. The molecule has 2 nitrogen and oxygen atoms in total. The number of carbonyl (C=O) groups excluding carboxylic acids is 1. The molecular weight excluding hydrogens is 170 g/mol. The van der Waals surface area contributed by atoms with Gasteiger partial charge in [-0.15, -0.1) is 6.42 Å². The number of rotatable bonds is 3. The van der Waals surface area contributed by atoms with Crippen LogP contribution in [0.5, 0.6) is 0 Å². The summed E-state index contributed by atoms with van der Waals surface area (Å²) in [5.41, 5.74) is 0. The first-order valence-corrected chi connectivity index (χ1v) is 4.45. The van der Waals surface area contributed by atoms with Crippen LogP contribution in [0.25, 0.3) is 0 Å². The molecule has 0 aliphatic heterocycles. The number of terminal acetylenes is 1. The SMILES string of the molecule is C#CC(C)NC(=O)C(S)C(C)C. The lowest BCUT2D eigenvalue weighted by molar-refractivity contribution is -0.121. The summed E-state index contributed by atoms with van der Waals surface area (Å²) in [6.45, 7) is 5.65. The van der Waals surface area contributed by atoms with Gasteiger partial charge in [0, 0.05) is 0 Å². The van der Waals surface area contributed by atoms with E-state index in [-0.39, 0.29) is 23.1 Å². The van der Waals surface area contributed by atoms with Crippen molar-refractivity contribution in [2.75, 3.05) is 0 Å². The number of carbonyl (C=O) groups is 1. The van der Waals surface area contributed by atoms with Gasteiger partial charge in [0.15, 0.2) is 0 Å². The molecule has 0 fully saturated rings. The van der Waals surface area contributed by atoms with E-state index in [0.717, 1.165) is 0 Å². The van der Waals surface area contributed by atoms with Crippen LogP contribution in [0.1, 0.15) is 20.8 Å². The third-order valence-corrected chi connectivity index (χ3v) is 2.34. The fourth-order valence-corrected chi connectivity index (χ4v) is 0.718. The highest BCUT2D eigenvalue weighted by Crippen LogP contribution is 2.08. The normalized spacial score (nSPS) is 15.0. The molecular formula is C9H15NOS. The minimum absolute atomic E-state index is 0.0983. The van der Waals surface area contributed by atoms with Gasteiger partial charge >= 0.3 is 0 Å². The van der Waals surface area contributed by atoms with Crippen LogP contribution in [0.15, 0.2) is 0 Å². The van der Waals surface area contributed by atoms with E-state index in [1.165, 1.54) is 0 Å². The van der Waals surface area contributed by atoms with Gasteiger partial charge in [0.25, 0.3) is 0 Å². The van der Waals surface area contributed by atoms with E-state index in [1.807, 2.05) is 13.8 Å². The number of thiol groups is 1. The van der Waals surface area contributed by atoms with Crippen LogP contribution in [0.4, 0.5) is 0 Å². The molecule has 0 aromatic rings. The second kappa shape index (κ2) is 5.10. The van der Waals surface area contributed by atoms with Crippen molar-refractivity contribution in [3.05, 3.63) is 0 Å². The molecule has 3 heteroatoms. The second-order valence-electron chi connectivity index (χ2n) is 3.09. The highest BCUT2D eigenvalue weighted by atomic mass is 32.1. The highest BCUT2D eigenvalue weighted by Gasteiger charge is 2.18. The topological polar surface area (TPSA) is 29.1 Å². The van der Waals surface area contributed by atoms with Crippen LogP contribution in [0.2, 0.25) is 0 Å². The Hall–Kier alpha value is -0.620. The van der Waals surface area contributed by atoms with Crippen LogP contribution in [0, 0.1) is 18.3 Å². The van der Waals surface area contributed by atoms with Gasteiger partial charge in [-0.05, 0) is 12.8 Å². The Morgan fingerprint density at radius 2 is 2.00 bits per heavy atom. The number of nitrogens with one attached hydrogen (secondary N) is 1.